The van der Waals surface area contributed by atoms with Gasteiger partial charge in [0.25, 0.3) is 0 Å². The third-order valence-corrected chi connectivity index (χ3v) is 4.19. The Morgan fingerprint density at radius 1 is 1.29 bits per heavy atom. The number of hydrogen-bond donors (Lipinski definition) is 1. The van der Waals surface area contributed by atoms with E-state index in [4.69, 9.17) is 0 Å². The van der Waals surface area contributed by atoms with Gasteiger partial charge in [0, 0.05) is 12.6 Å². The van der Waals surface area contributed by atoms with Crippen molar-refractivity contribution in [3.63, 3.8) is 0 Å². The highest BCUT2D eigenvalue weighted by Gasteiger charge is 2.41. The monoisotopic (exact) mass is 295 g/mol. The molecule has 0 aromatic carbocycles. The summed E-state index contributed by atoms with van der Waals surface area (Å²) < 4.78 is 0.863. The van der Waals surface area contributed by atoms with Gasteiger partial charge >= 0.3 is 0 Å². The number of anilines is 1. The molecular weight excluding hydrogens is 278 g/mol. The molecule has 1 aromatic heterocycles. The van der Waals surface area contributed by atoms with Gasteiger partial charge in [-0.25, -0.2) is 9.97 Å². The first-order valence-corrected chi connectivity index (χ1v) is 7.27. The Kier molecular flexibility index (Phi) is 3.07. The molecule has 0 spiro atoms. The number of halogens is 1. The maximum absolute atomic E-state index is 4.41. The Labute approximate surface area is 111 Å². The van der Waals surface area contributed by atoms with Crippen molar-refractivity contribution in [3.8, 4) is 0 Å². The molecule has 2 aliphatic carbocycles. The van der Waals surface area contributed by atoms with Gasteiger partial charge in [-0.05, 0) is 66.3 Å². The van der Waals surface area contributed by atoms with Crippen LogP contribution in [0, 0.1) is 24.7 Å². The first-order valence-electron chi connectivity index (χ1n) is 6.47. The maximum atomic E-state index is 4.41. The van der Waals surface area contributed by atoms with E-state index in [0.717, 1.165) is 40.5 Å². The molecule has 2 fully saturated rings. The molecule has 0 radical (unpaired) electrons. The molecular formula is C13H18BrN3. The molecule has 4 heteroatoms. The standard InChI is InChI=1S/C13H18BrN3/c1-8-16-12(14)6-13(17-8)15-7-11(9-2-3-9)10-4-5-10/h6,9-11H,2-5,7H2,1H3,(H,15,16,17). The Morgan fingerprint density at radius 3 is 2.47 bits per heavy atom. The summed E-state index contributed by atoms with van der Waals surface area (Å²) in [6, 6.07) is 1.96. The number of hydrogen-bond acceptors (Lipinski definition) is 3. The minimum Gasteiger partial charge on any atom is -0.370 e. The van der Waals surface area contributed by atoms with Crippen molar-refractivity contribution in [3.05, 3.63) is 16.5 Å². The third-order valence-electron chi connectivity index (χ3n) is 3.78. The van der Waals surface area contributed by atoms with Crippen molar-refractivity contribution in [2.45, 2.75) is 32.6 Å². The van der Waals surface area contributed by atoms with Crippen LogP contribution in [0.5, 0.6) is 0 Å². The number of nitrogens with one attached hydrogen (secondary N) is 1. The molecule has 92 valence electrons. The van der Waals surface area contributed by atoms with Gasteiger partial charge in [0.15, 0.2) is 0 Å². The van der Waals surface area contributed by atoms with Crippen LogP contribution in [0.3, 0.4) is 0 Å². The molecule has 0 unspecified atom stereocenters. The summed E-state index contributed by atoms with van der Waals surface area (Å²) in [6.07, 6.45) is 5.76. The van der Waals surface area contributed by atoms with E-state index in [1.54, 1.807) is 0 Å². The van der Waals surface area contributed by atoms with Gasteiger partial charge in [-0.2, -0.15) is 0 Å². The lowest BCUT2D eigenvalue weighted by Gasteiger charge is -2.16. The smallest absolute Gasteiger partial charge is 0.130 e. The number of nitrogens with zero attached hydrogens (tertiary/aromatic N) is 2. The van der Waals surface area contributed by atoms with Gasteiger partial charge in [0.2, 0.25) is 0 Å². The van der Waals surface area contributed by atoms with Crippen LogP contribution in [0.1, 0.15) is 31.5 Å². The van der Waals surface area contributed by atoms with E-state index < -0.39 is 0 Å². The van der Waals surface area contributed by atoms with Crippen molar-refractivity contribution in [2.75, 3.05) is 11.9 Å². The fourth-order valence-corrected chi connectivity index (χ4v) is 3.08. The fourth-order valence-electron chi connectivity index (χ4n) is 2.61. The quantitative estimate of drug-likeness (QED) is 0.846. The number of aromatic nitrogens is 2. The summed E-state index contributed by atoms with van der Waals surface area (Å²) in [5, 5.41) is 3.49. The molecule has 1 aromatic rings. The van der Waals surface area contributed by atoms with Crippen molar-refractivity contribution in [2.24, 2.45) is 17.8 Å². The van der Waals surface area contributed by atoms with Gasteiger partial charge < -0.3 is 5.32 Å². The molecule has 3 rings (SSSR count). The van der Waals surface area contributed by atoms with Crippen molar-refractivity contribution in [1.82, 2.24) is 9.97 Å². The van der Waals surface area contributed by atoms with Crippen LogP contribution in [0.2, 0.25) is 0 Å². The second-order valence-corrected chi connectivity index (χ2v) is 6.16. The van der Waals surface area contributed by atoms with E-state index in [0.29, 0.717) is 0 Å². The maximum Gasteiger partial charge on any atom is 0.130 e. The topological polar surface area (TPSA) is 37.8 Å². The number of rotatable bonds is 5. The molecule has 0 aliphatic heterocycles. The first kappa shape index (κ1) is 11.5. The zero-order chi connectivity index (χ0) is 11.8. The molecule has 0 amide bonds. The largest absolute Gasteiger partial charge is 0.370 e. The second-order valence-electron chi connectivity index (χ2n) is 5.34. The van der Waals surface area contributed by atoms with Gasteiger partial charge in [0.1, 0.15) is 16.2 Å². The Hall–Kier alpha value is -0.640. The molecule has 17 heavy (non-hydrogen) atoms. The summed E-state index contributed by atoms with van der Waals surface area (Å²) in [5.74, 6) is 4.62. The lowest BCUT2D eigenvalue weighted by molar-refractivity contribution is 0.427. The lowest BCUT2D eigenvalue weighted by atomic mass is 9.98. The van der Waals surface area contributed by atoms with Crippen molar-refractivity contribution < 1.29 is 0 Å². The normalized spacial score (nSPS) is 19.7. The SMILES string of the molecule is Cc1nc(Br)cc(NCC(C2CC2)C2CC2)n1. The van der Waals surface area contributed by atoms with Crippen LogP contribution in [0.15, 0.2) is 10.7 Å². The summed E-state index contributed by atoms with van der Waals surface area (Å²) >= 11 is 3.41. The molecule has 2 saturated carbocycles. The summed E-state index contributed by atoms with van der Waals surface area (Å²) in [4.78, 5) is 8.64. The second kappa shape index (κ2) is 4.56. The van der Waals surface area contributed by atoms with Gasteiger partial charge in [-0.3, -0.25) is 0 Å². The minimum absolute atomic E-state index is 0.816. The van der Waals surface area contributed by atoms with Crippen LogP contribution in [0.4, 0.5) is 5.82 Å². The summed E-state index contributed by atoms with van der Waals surface area (Å²) in [5.41, 5.74) is 0. The summed E-state index contributed by atoms with van der Waals surface area (Å²) in [7, 11) is 0. The van der Waals surface area contributed by atoms with Gasteiger partial charge in [-0.1, -0.05) is 0 Å². The Balaban J connectivity index is 1.61. The molecule has 3 nitrogen and oxygen atoms in total. The van der Waals surface area contributed by atoms with Crippen molar-refractivity contribution in [1.29, 1.82) is 0 Å². The summed E-state index contributed by atoms with van der Waals surface area (Å²) in [6.45, 7) is 3.01. The Morgan fingerprint density at radius 2 is 1.94 bits per heavy atom. The molecule has 0 bridgehead atoms. The van der Waals surface area contributed by atoms with Crippen LogP contribution in [-0.2, 0) is 0 Å². The van der Waals surface area contributed by atoms with Crippen LogP contribution in [-0.4, -0.2) is 16.5 Å². The average molecular weight is 296 g/mol. The third kappa shape index (κ3) is 2.97. The molecule has 0 atom stereocenters. The van der Waals surface area contributed by atoms with E-state index in [1.807, 2.05) is 13.0 Å². The van der Waals surface area contributed by atoms with Crippen LogP contribution in [0.25, 0.3) is 0 Å². The average Bonchev–Trinajstić information content (AvgIpc) is 3.12. The number of aryl methyl sites for hydroxylation is 1. The van der Waals surface area contributed by atoms with Crippen LogP contribution < -0.4 is 5.32 Å². The van der Waals surface area contributed by atoms with Crippen molar-refractivity contribution >= 4 is 21.7 Å². The highest BCUT2D eigenvalue weighted by atomic mass is 79.9. The zero-order valence-corrected chi connectivity index (χ0v) is 11.7. The molecule has 1 N–H and O–H groups in total. The lowest BCUT2D eigenvalue weighted by Crippen LogP contribution is -2.19. The molecule has 2 aliphatic rings. The molecule has 1 heterocycles. The van der Waals surface area contributed by atoms with Gasteiger partial charge in [0.05, 0.1) is 0 Å². The van der Waals surface area contributed by atoms with E-state index in [1.165, 1.54) is 25.7 Å². The van der Waals surface area contributed by atoms with Gasteiger partial charge in [-0.15, -0.1) is 0 Å². The molecule has 0 saturated heterocycles. The van der Waals surface area contributed by atoms with E-state index in [9.17, 15) is 0 Å². The van der Waals surface area contributed by atoms with E-state index in [-0.39, 0.29) is 0 Å². The minimum atomic E-state index is 0.816. The fraction of sp³-hybridized carbons (Fsp3) is 0.692. The highest BCUT2D eigenvalue weighted by molar-refractivity contribution is 9.10. The predicted molar refractivity (Wildman–Crippen MR) is 71.9 cm³/mol. The van der Waals surface area contributed by atoms with E-state index in [2.05, 4.69) is 31.2 Å². The first-order chi connectivity index (χ1) is 8.22. The Bertz CT molecular complexity index is 381. The highest BCUT2D eigenvalue weighted by Crippen LogP contribution is 2.49. The van der Waals surface area contributed by atoms with Crippen LogP contribution >= 0.6 is 15.9 Å². The van der Waals surface area contributed by atoms with E-state index >= 15 is 0 Å². The zero-order valence-electron chi connectivity index (χ0n) is 10.1. The predicted octanol–water partition coefficient (Wildman–Crippen LogP) is 3.40.